The van der Waals surface area contributed by atoms with Crippen LogP contribution in [0.1, 0.15) is 24.8 Å². The Hall–Kier alpha value is -1.39. The lowest BCUT2D eigenvalue weighted by molar-refractivity contribution is -0.117. The van der Waals surface area contributed by atoms with E-state index in [1.54, 1.807) is 30.3 Å². The molecular formula is C21H29N3O4S2. The maximum Gasteiger partial charge on any atom is 0.244 e. The third-order valence-corrected chi connectivity index (χ3v) is 8.64. The van der Waals surface area contributed by atoms with Crippen molar-refractivity contribution in [2.24, 2.45) is 0 Å². The predicted molar refractivity (Wildman–Crippen MR) is 119 cm³/mol. The van der Waals surface area contributed by atoms with Gasteiger partial charge in [0.05, 0.1) is 18.1 Å². The highest BCUT2D eigenvalue weighted by atomic mass is 32.2. The lowest BCUT2D eigenvalue weighted by atomic mass is 9.95. The molecule has 3 aliphatic rings. The Morgan fingerprint density at radius 3 is 2.60 bits per heavy atom. The second-order valence-electron chi connectivity index (χ2n) is 8.14. The molecule has 2 saturated heterocycles. The van der Waals surface area contributed by atoms with Gasteiger partial charge in [0, 0.05) is 43.0 Å². The summed E-state index contributed by atoms with van der Waals surface area (Å²) >= 11 is 1.94. The fraction of sp³-hybridized carbons (Fsp3) is 0.571. The van der Waals surface area contributed by atoms with Gasteiger partial charge >= 0.3 is 0 Å². The number of carbonyl (C=O) groups excluding carboxylic acids is 1. The van der Waals surface area contributed by atoms with Gasteiger partial charge in [-0.15, -0.1) is 0 Å². The summed E-state index contributed by atoms with van der Waals surface area (Å²) in [5.41, 5.74) is 0.803. The Balaban J connectivity index is 1.32. The number of hydrogen-bond acceptors (Lipinski definition) is 6. The first kappa shape index (κ1) is 21.8. The molecule has 9 heteroatoms. The van der Waals surface area contributed by atoms with E-state index in [0.717, 1.165) is 62.6 Å². The summed E-state index contributed by atoms with van der Waals surface area (Å²) in [6, 6.07) is 6.66. The Bertz CT molecular complexity index is 870. The number of morpholine rings is 1. The summed E-state index contributed by atoms with van der Waals surface area (Å²) in [7, 11) is -3.45. The molecule has 4 rings (SSSR count). The minimum Gasteiger partial charge on any atom is -0.379 e. The predicted octanol–water partition coefficient (Wildman–Crippen LogP) is 1.46. The number of amides is 1. The molecular weight excluding hydrogens is 422 g/mol. The number of thioether (sulfide) groups is 1. The minimum atomic E-state index is -3.45. The van der Waals surface area contributed by atoms with Gasteiger partial charge in [-0.1, -0.05) is 12.1 Å². The quantitative estimate of drug-likeness (QED) is 0.582. The molecule has 7 nitrogen and oxygen atoms in total. The number of hydrogen-bond donors (Lipinski definition) is 2. The number of carbonyl (C=O) groups is 1. The molecule has 1 saturated carbocycles. The standard InChI is InChI=1S/C21H29N3O4S2/c25-20(22-15-21(9-14-29-16-21)24-10-12-28-13-11-24)8-3-17-1-6-19(7-2-17)30(26,27)23-18-4-5-18/h1-3,6-8,18,23H,4-5,9-16H2,(H,22,25)/b8-3+. The normalized spacial score (nSPS) is 25.6. The molecule has 164 valence electrons. The highest BCUT2D eigenvalue weighted by Gasteiger charge is 2.40. The summed E-state index contributed by atoms with van der Waals surface area (Å²) in [5, 5.41) is 3.07. The fourth-order valence-electron chi connectivity index (χ4n) is 3.86. The van der Waals surface area contributed by atoms with Crippen LogP contribution in [0.15, 0.2) is 35.2 Å². The lowest BCUT2D eigenvalue weighted by Gasteiger charge is -2.42. The molecule has 0 bridgehead atoms. The number of rotatable bonds is 8. The third kappa shape index (κ3) is 5.45. The highest BCUT2D eigenvalue weighted by molar-refractivity contribution is 7.99. The van der Waals surface area contributed by atoms with E-state index in [4.69, 9.17) is 4.74 Å². The first-order chi connectivity index (χ1) is 14.5. The summed E-state index contributed by atoms with van der Waals surface area (Å²) in [4.78, 5) is 15.1. The second kappa shape index (κ2) is 9.40. The maximum absolute atomic E-state index is 12.4. The van der Waals surface area contributed by atoms with E-state index in [1.807, 2.05) is 11.8 Å². The van der Waals surface area contributed by atoms with Crippen molar-refractivity contribution in [3.63, 3.8) is 0 Å². The van der Waals surface area contributed by atoms with Crippen LogP contribution < -0.4 is 10.0 Å². The molecule has 2 N–H and O–H groups in total. The van der Waals surface area contributed by atoms with Gasteiger partial charge in [0.25, 0.3) is 0 Å². The van der Waals surface area contributed by atoms with Crippen LogP contribution in [-0.2, 0) is 19.6 Å². The van der Waals surface area contributed by atoms with E-state index in [9.17, 15) is 13.2 Å². The Morgan fingerprint density at radius 2 is 1.97 bits per heavy atom. The Morgan fingerprint density at radius 1 is 1.23 bits per heavy atom. The molecule has 2 aliphatic heterocycles. The number of nitrogens with zero attached hydrogens (tertiary/aromatic N) is 1. The Kier molecular flexibility index (Phi) is 6.84. The largest absolute Gasteiger partial charge is 0.379 e. The topological polar surface area (TPSA) is 87.7 Å². The zero-order valence-electron chi connectivity index (χ0n) is 17.0. The van der Waals surface area contributed by atoms with Crippen molar-refractivity contribution >= 4 is 33.8 Å². The van der Waals surface area contributed by atoms with Gasteiger partial charge in [0.2, 0.25) is 15.9 Å². The number of ether oxygens (including phenoxy) is 1. The monoisotopic (exact) mass is 451 g/mol. The van der Waals surface area contributed by atoms with Gasteiger partial charge < -0.3 is 10.1 Å². The lowest BCUT2D eigenvalue weighted by Crippen LogP contribution is -2.59. The number of nitrogens with one attached hydrogen (secondary N) is 2. The van der Waals surface area contributed by atoms with Crippen LogP contribution in [0, 0.1) is 0 Å². The molecule has 1 atom stereocenters. The average Bonchev–Trinajstić information content (AvgIpc) is 3.43. The molecule has 1 unspecified atom stereocenters. The van der Waals surface area contributed by atoms with E-state index < -0.39 is 10.0 Å². The van der Waals surface area contributed by atoms with Crippen molar-refractivity contribution < 1.29 is 17.9 Å². The van der Waals surface area contributed by atoms with E-state index in [0.29, 0.717) is 6.54 Å². The van der Waals surface area contributed by atoms with Crippen molar-refractivity contribution in [1.29, 1.82) is 0 Å². The van der Waals surface area contributed by atoms with E-state index in [-0.39, 0.29) is 22.4 Å². The van der Waals surface area contributed by atoms with Crippen LogP contribution >= 0.6 is 11.8 Å². The van der Waals surface area contributed by atoms with Crippen LogP contribution in [0.4, 0.5) is 0 Å². The van der Waals surface area contributed by atoms with Gasteiger partial charge in [-0.2, -0.15) is 11.8 Å². The molecule has 0 spiro atoms. The smallest absolute Gasteiger partial charge is 0.244 e. The molecule has 1 aliphatic carbocycles. The van der Waals surface area contributed by atoms with E-state index in [2.05, 4.69) is 14.9 Å². The van der Waals surface area contributed by atoms with Crippen molar-refractivity contribution in [1.82, 2.24) is 14.9 Å². The Labute approximate surface area is 182 Å². The van der Waals surface area contributed by atoms with Crippen LogP contribution in [-0.4, -0.2) is 75.2 Å². The van der Waals surface area contributed by atoms with Gasteiger partial charge in [-0.05, 0) is 48.8 Å². The van der Waals surface area contributed by atoms with Crippen molar-refractivity contribution in [2.75, 3.05) is 44.4 Å². The molecule has 0 radical (unpaired) electrons. The van der Waals surface area contributed by atoms with E-state index >= 15 is 0 Å². The van der Waals surface area contributed by atoms with Crippen LogP contribution in [0.25, 0.3) is 6.08 Å². The van der Waals surface area contributed by atoms with Crippen molar-refractivity contribution in [3.05, 3.63) is 35.9 Å². The van der Waals surface area contributed by atoms with Gasteiger partial charge in [-0.3, -0.25) is 9.69 Å². The molecule has 1 aromatic rings. The maximum atomic E-state index is 12.4. The fourth-order valence-corrected chi connectivity index (χ4v) is 6.65. The highest BCUT2D eigenvalue weighted by Crippen LogP contribution is 2.33. The van der Waals surface area contributed by atoms with Crippen LogP contribution in [0.2, 0.25) is 0 Å². The molecule has 1 aromatic carbocycles. The van der Waals surface area contributed by atoms with Gasteiger partial charge in [-0.25, -0.2) is 13.1 Å². The first-order valence-electron chi connectivity index (χ1n) is 10.5. The van der Waals surface area contributed by atoms with Crippen LogP contribution in [0.3, 0.4) is 0 Å². The second-order valence-corrected chi connectivity index (χ2v) is 11.0. The molecule has 3 fully saturated rings. The molecule has 1 amide bonds. The summed E-state index contributed by atoms with van der Waals surface area (Å²) in [5.74, 6) is 2.02. The van der Waals surface area contributed by atoms with Crippen molar-refractivity contribution in [2.45, 2.75) is 35.7 Å². The zero-order valence-corrected chi connectivity index (χ0v) is 18.6. The summed E-state index contributed by atoms with van der Waals surface area (Å²) in [6.07, 6.45) is 6.11. The van der Waals surface area contributed by atoms with E-state index in [1.165, 1.54) is 6.08 Å². The first-order valence-corrected chi connectivity index (χ1v) is 13.1. The average molecular weight is 452 g/mol. The number of sulfonamides is 1. The molecule has 2 heterocycles. The SMILES string of the molecule is O=C(/C=C/c1ccc(S(=O)(=O)NC2CC2)cc1)NCC1(N2CCOCC2)CCSC1. The summed E-state index contributed by atoms with van der Waals surface area (Å²) in [6.45, 7) is 3.96. The van der Waals surface area contributed by atoms with Crippen molar-refractivity contribution in [3.8, 4) is 0 Å². The molecule has 0 aromatic heterocycles. The zero-order chi connectivity index (χ0) is 21.0. The third-order valence-electron chi connectivity index (χ3n) is 5.87. The van der Waals surface area contributed by atoms with Crippen LogP contribution in [0.5, 0.6) is 0 Å². The minimum absolute atomic E-state index is 0.0164. The summed E-state index contributed by atoms with van der Waals surface area (Å²) < 4.78 is 32.6. The molecule has 30 heavy (non-hydrogen) atoms. The number of benzene rings is 1. The van der Waals surface area contributed by atoms with Gasteiger partial charge in [0.1, 0.15) is 0 Å². The van der Waals surface area contributed by atoms with Gasteiger partial charge in [0.15, 0.2) is 0 Å².